The number of aryl methyl sites for hydroxylation is 1. The van der Waals surface area contributed by atoms with Crippen LogP contribution in [0.25, 0.3) is 0 Å². The SMILES string of the molecule is Cc1ccc(C(=O)NCC(=O)OCc2cc(Br)cc3c2O[C@H](c2ccccc2)OC3)cc1. The van der Waals surface area contributed by atoms with Crippen molar-refractivity contribution in [3.63, 3.8) is 0 Å². The molecule has 1 heterocycles. The van der Waals surface area contributed by atoms with Crippen molar-refractivity contribution in [1.29, 1.82) is 0 Å². The molecule has 4 rings (SSSR count). The van der Waals surface area contributed by atoms with Gasteiger partial charge in [0.2, 0.25) is 6.29 Å². The zero-order chi connectivity index (χ0) is 22.5. The number of rotatable bonds is 6. The van der Waals surface area contributed by atoms with Crippen LogP contribution in [0.4, 0.5) is 0 Å². The van der Waals surface area contributed by atoms with E-state index in [2.05, 4.69) is 21.2 Å². The van der Waals surface area contributed by atoms with E-state index < -0.39 is 12.3 Å². The lowest BCUT2D eigenvalue weighted by Crippen LogP contribution is -2.30. The summed E-state index contributed by atoms with van der Waals surface area (Å²) in [6, 6.07) is 20.5. The second-order valence-electron chi connectivity index (χ2n) is 7.43. The molecule has 0 bridgehead atoms. The highest BCUT2D eigenvalue weighted by atomic mass is 79.9. The Labute approximate surface area is 194 Å². The van der Waals surface area contributed by atoms with Crippen molar-refractivity contribution in [2.24, 2.45) is 0 Å². The number of nitrogens with one attached hydrogen (secondary N) is 1. The molecule has 164 valence electrons. The first-order valence-corrected chi connectivity index (χ1v) is 10.9. The molecule has 1 amide bonds. The van der Waals surface area contributed by atoms with Gasteiger partial charge in [0.05, 0.1) is 6.61 Å². The first kappa shape index (κ1) is 22.0. The number of ether oxygens (including phenoxy) is 3. The summed E-state index contributed by atoms with van der Waals surface area (Å²) >= 11 is 3.48. The fourth-order valence-electron chi connectivity index (χ4n) is 3.33. The number of carbonyl (C=O) groups excluding carboxylic acids is 2. The fourth-order valence-corrected chi connectivity index (χ4v) is 3.88. The Kier molecular flexibility index (Phi) is 6.87. The van der Waals surface area contributed by atoms with E-state index in [4.69, 9.17) is 14.2 Å². The number of amides is 1. The largest absolute Gasteiger partial charge is 0.460 e. The third kappa shape index (κ3) is 5.36. The standard InChI is InChI=1S/C25H22BrNO5/c1-16-7-9-17(10-8-16)24(29)27-13-22(28)30-14-19-11-21(26)12-20-15-31-25(32-23(19)20)18-5-3-2-4-6-18/h2-12,25H,13-15H2,1H3,(H,27,29)/t25-/m1/s1. The molecule has 1 atom stereocenters. The topological polar surface area (TPSA) is 73.9 Å². The molecular formula is C25H22BrNO5. The van der Waals surface area contributed by atoms with Gasteiger partial charge in [-0.25, -0.2) is 0 Å². The number of carbonyl (C=O) groups is 2. The highest BCUT2D eigenvalue weighted by Crippen LogP contribution is 2.38. The highest BCUT2D eigenvalue weighted by molar-refractivity contribution is 9.10. The van der Waals surface area contributed by atoms with Crippen LogP contribution >= 0.6 is 15.9 Å². The summed E-state index contributed by atoms with van der Waals surface area (Å²) in [6.45, 7) is 2.11. The second-order valence-corrected chi connectivity index (χ2v) is 8.35. The first-order valence-electron chi connectivity index (χ1n) is 10.1. The molecule has 0 spiro atoms. The summed E-state index contributed by atoms with van der Waals surface area (Å²) in [5.74, 6) is -0.219. The molecule has 3 aromatic carbocycles. The molecule has 0 saturated carbocycles. The van der Waals surface area contributed by atoms with Gasteiger partial charge in [0, 0.05) is 26.7 Å². The van der Waals surface area contributed by atoms with E-state index in [1.54, 1.807) is 12.1 Å². The number of hydrogen-bond acceptors (Lipinski definition) is 5. The van der Waals surface area contributed by atoms with Crippen LogP contribution in [0.2, 0.25) is 0 Å². The Hall–Kier alpha value is -3.16. The summed E-state index contributed by atoms with van der Waals surface area (Å²) in [5.41, 5.74) is 4.04. The van der Waals surface area contributed by atoms with Crippen molar-refractivity contribution in [2.75, 3.05) is 6.54 Å². The van der Waals surface area contributed by atoms with Gasteiger partial charge in [-0.2, -0.15) is 0 Å². The van der Waals surface area contributed by atoms with E-state index in [-0.39, 0.29) is 19.1 Å². The second kappa shape index (κ2) is 9.97. The minimum Gasteiger partial charge on any atom is -0.460 e. The summed E-state index contributed by atoms with van der Waals surface area (Å²) in [6.07, 6.45) is -0.534. The van der Waals surface area contributed by atoms with Crippen molar-refractivity contribution in [3.8, 4) is 5.75 Å². The number of halogens is 1. The molecule has 0 radical (unpaired) electrons. The van der Waals surface area contributed by atoms with E-state index >= 15 is 0 Å². The van der Waals surface area contributed by atoms with Crippen LogP contribution in [-0.4, -0.2) is 18.4 Å². The molecule has 0 saturated heterocycles. The Balaban J connectivity index is 1.38. The molecule has 0 fully saturated rings. The van der Waals surface area contributed by atoms with Gasteiger partial charge in [0.1, 0.15) is 18.9 Å². The summed E-state index contributed by atoms with van der Waals surface area (Å²) in [4.78, 5) is 24.4. The lowest BCUT2D eigenvalue weighted by Gasteiger charge is -2.28. The van der Waals surface area contributed by atoms with Crippen molar-refractivity contribution in [1.82, 2.24) is 5.32 Å². The minimum absolute atomic E-state index is 0.0164. The van der Waals surface area contributed by atoms with E-state index in [1.165, 1.54) is 0 Å². The van der Waals surface area contributed by atoms with Gasteiger partial charge < -0.3 is 19.5 Å². The average Bonchev–Trinajstić information content (AvgIpc) is 2.81. The minimum atomic E-state index is -0.536. The lowest BCUT2D eigenvalue weighted by molar-refractivity contribution is -0.144. The maximum absolute atomic E-state index is 12.2. The molecule has 1 aliphatic rings. The molecular weight excluding hydrogens is 474 g/mol. The van der Waals surface area contributed by atoms with Crippen molar-refractivity contribution < 1.29 is 23.8 Å². The Morgan fingerprint density at radius 3 is 2.59 bits per heavy atom. The van der Waals surface area contributed by atoms with E-state index in [0.717, 1.165) is 26.7 Å². The van der Waals surface area contributed by atoms with E-state index in [9.17, 15) is 9.59 Å². The van der Waals surface area contributed by atoms with Crippen LogP contribution < -0.4 is 10.1 Å². The Morgan fingerprint density at radius 2 is 1.84 bits per heavy atom. The van der Waals surface area contributed by atoms with Crippen molar-refractivity contribution in [2.45, 2.75) is 26.4 Å². The maximum atomic E-state index is 12.2. The van der Waals surface area contributed by atoms with Gasteiger partial charge in [0.25, 0.3) is 5.91 Å². The monoisotopic (exact) mass is 495 g/mol. The predicted molar refractivity (Wildman–Crippen MR) is 122 cm³/mol. The zero-order valence-electron chi connectivity index (χ0n) is 17.5. The van der Waals surface area contributed by atoms with Gasteiger partial charge in [-0.1, -0.05) is 64.0 Å². The normalized spacial score (nSPS) is 14.8. The quantitative estimate of drug-likeness (QED) is 0.495. The van der Waals surface area contributed by atoms with Gasteiger partial charge >= 0.3 is 5.97 Å². The third-order valence-corrected chi connectivity index (χ3v) is 5.45. The van der Waals surface area contributed by atoms with Gasteiger partial charge in [-0.15, -0.1) is 0 Å². The molecule has 0 aliphatic carbocycles. The zero-order valence-corrected chi connectivity index (χ0v) is 19.1. The molecule has 1 aliphatic heterocycles. The summed E-state index contributed by atoms with van der Waals surface area (Å²) in [5, 5.41) is 2.58. The lowest BCUT2D eigenvalue weighted by atomic mass is 10.1. The van der Waals surface area contributed by atoms with Crippen LogP contribution in [0.3, 0.4) is 0 Å². The van der Waals surface area contributed by atoms with Gasteiger partial charge in [-0.05, 0) is 31.2 Å². The summed E-state index contributed by atoms with van der Waals surface area (Å²) < 4.78 is 18.2. The van der Waals surface area contributed by atoms with Crippen molar-refractivity contribution >= 4 is 27.8 Å². The van der Waals surface area contributed by atoms with Gasteiger partial charge in [-0.3, -0.25) is 9.59 Å². The number of fused-ring (bicyclic) bond motifs is 1. The van der Waals surface area contributed by atoms with Crippen LogP contribution in [0.1, 0.15) is 38.9 Å². The molecule has 1 N–H and O–H groups in total. The molecule has 3 aromatic rings. The Morgan fingerprint density at radius 1 is 1.09 bits per heavy atom. The third-order valence-electron chi connectivity index (χ3n) is 4.99. The maximum Gasteiger partial charge on any atom is 0.325 e. The van der Waals surface area contributed by atoms with Crippen molar-refractivity contribution in [3.05, 3.63) is 99.0 Å². The summed E-state index contributed by atoms with van der Waals surface area (Å²) in [7, 11) is 0. The highest BCUT2D eigenvalue weighted by Gasteiger charge is 2.25. The molecule has 7 heteroatoms. The van der Waals surface area contributed by atoms with Crippen LogP contribution in [0, 0.1) is 6.92 Å². The Bertz CT molecular complexity index is 1120. The molecule has 32 heavy (non-hydrogen) atoms. The average molecular weight is 496 g/mol. The number of hydrogen-bond donors (Lipinski definition) is 1. The number of esters is 1. The van der Waals surface area contributed by atoms with Crippen LogP contribution in [0.5, 0.6) is 5.75 Å². The van der Waals surface area contributed by atoms with Crippen LogP contribution in [-0.2, 0) is 27.5 Å². The smallest absolute Gasteiger partial charge is 0.325 e. The van der Waals surface area contributed by atoms with Gasteiger partial charge in [0.15, 0.2) is 0 Å². The molecule has 6 nitrogen and oxygen atoms in total. The number of benzene rings is 3. The molecule has 0 unspecified atom stereocenters. The van der Waals surface area contributed by atoms with E-state index in [1.807, 2.05) is 61.5 Å². The predicted octanol–water partition coefficient (Wildman–Crippen LogP) is 4.84. The fraction of sp³-hybridized carbons (Fsp3) is 0.200. The van der Waals surface area contributed by atoms with E-state index in [0.29, 0.717) is 17.9 Å². The van der Waals surface area contributed by atoms with Crippen LogP contribution in [0.15, 0.2) is 71.2 Å². The molecule has 0 aromatic heterocycles. The first-order chi connectivity index (χ1) is 15.5.